The van der Waals surface area contributed by atoms with E-state index in [9.17, 15) is 14.4 Å². The first-order valence-corrected chi connectivity index (χ1v) is 10.9. The SMILES string of the molecule is CCC(=O)OCC(=O)C1CCC2C3CCC4=CC(=O)CCC4(C)C3=CCC12C. The van der Waals surface area contributed by atoms with Crippen molar-refractivity contribution in [3.05, 3.63) is 23.3 Å². The standard InChI is InChI=1S/C24H32O4/c1-4-22(27)28-14-21(26)20-8-7-18-17-6-5-15-13-16(25)9-11-23(15,2)19(17)10-12-24(18,20)3/h10,13,17-18,20H,4-9,11-12,14H2,1-3H3. The smallest absolute Gasteiger partial charge is 0.305 e. The molecule has 0 spiro atoms. The first-order chi connectivity index (χ1) is 13.3. The van der Waals surface area contributed by atoms with Crippen LogP contribution in [-0.4, -0.2) is 24.1 Å². The van der Waals surface area contributed by atoms with Crippen molar-refractivity contribution in [3.8, 4) is 0 Å². The van der Waals surface area contributed by atoms with E-state index in [4.69, 9.17) is 4.74 Å². The molecule has 2 saturated carbocycles. The monoisotopic (exact) mass is 384 g/mol. The van der Waals surface area contributed by atoms with Gasteiger partial charge in [-0.3, -0.25) is 14.4 Å². The number of fused-ring (bicyclic) bond motifs is 5. The average Bonchev–Trinajstić information content (AvgIpc) is 3.03. The Morgan fingerprint density at radius 3 is 2.71 bits per heavy atom. The predicted octanol–water partition coefficient (Wildman–Crippen LogP) is 4.58. The van der Waals surface area contributed by atoms with Crippen molar-refractivity contribution in [2.75, 3.05) is 6.61 Å². The van der Waals surface area contributed by atoms with Crippen LogP contribution in [-0.2, 0) is 19.1 Å². The lowest BCUT2D eigenvalue weighted by atomic mass is 9.51. The normalized spacial score (nSPS) is 39.2. The van der Waals surface area contributed by atoms with Crippen molar-refractivity contribution in [1.29, 1.82) is 0 Å². The lowest BCUT2D eigenvalue weighted by molar-refractivity contribution is -0.150. The van der Waals surface area contributed by atoms with E-state index in [1.54, 1.807) is 6.92 Å². The molecule has 5 unspecified atom stereocenters. The minimum absolute atomic E-state index is 0.0161. The van der Waals surface area contributed by atoms with Crippen molar-refractivity contribution in [2.24, 2.45) is 28.6 Å². The molecule has 2 fully saturated rings. The zero-order valence-electron chi connectivity index (χ0n) is 17.4. The summed E-state index contributed by atoms with van der Waals surface area (Å²) in [7, 11) is 0. The van der Waals surface area contributed by atoms with Crippen LogP contribution in [0, 0.1) is 28.6 Å². The molecule has 4 nitrogen and oxygen atoms in total. The zero-order chi connectivity index (χ0) is 20.1. The third kappa shape index (κ3) is 2.91. The lowest BCUT2D eigenvalue weighted by Crippen LogP contribution is -2.45. The highest BCUT2D eigenvalue weighted by Gasteiger charge is 2.57. The lowest BCUT2D eigenvalue weighted by Gasteiger charge is -2.53. The molecule has 4 rings (SSSR count). The number of carbonyl (C=O) groups is 3. The van der Waals surface area contributed by atoms with E-state index >= 15 is 0 Å². The molecule has 0 bridgehead atoms. The molecule has 0 N–H and O–H groups in total. The number of hydrogen-bond donors (Lipinski definition) is 0. The van der Waals surface area contributed by atoms with E-state index < -0.39 is 0 Å². The molecular weight excluding hydrogens is 352 g/mol. The van der Waals surface area contributed by atoms with Crippen LogP contribution in [0.25, 0.3) is 0 Å². The van der Waals surface area contributed by atoms with Crippen molar-refractivity contribution >= 4 is 17.5 Å². The quantitative estimate of drug-likeness (QED) is 0.526. The summed E-state index contributed by atoms with van der Waals surface area (Å²) in [6.45, 7) is 6.28. The molecule has 4 aliphatic carbocycles. The first kappa shape index (κ1) is 19.6. The number of rotatable bonds is 4. The van der Waals surface area contributed by atoms with Crippen LogP contribution in [0.4, 0.5) is 0 Å². The Morgan fingerprint density at radius 1 is 1.18 bits per heavy atom. The third-order valence-electron chi connectivity index (χ3n) is 8.39. The van der Waals surface area contributed by atoms with Gasteiger partial charge in [0.1, 0.15) is 6.61 Å². The maximum absolute atomic E-state index is 12.9. The van der Waals surface area contributed by atoms with Crippen molar-refractivity contribution in [3.63, 3.8) is 0 Å². The second-order valence-electron chi connectivity index (χ2n) is 9.70. The fourth-order valence-corrected chi connectivity index (χ4v) is 6.74. The van der Waals surface area contributed by atoms with Gasteiger partial charge in [0, 0.05) is 24.2 Å². The zero-order valence-corrected chi connectivity index (χ0v) is 17.4. The van der Waals surface area contributed by atoms with E-state index in [-0.39, 0.29) is 40.9 Å². The minimum Gasteiger partial charge on any atom is -0.458 e. The van der Waals surface area contributed by atoms with Gasteiger partial charge < -0.3 is 4.74 Å². The van der Waals surface area contributed by atoms with Crippen LogP contribution < -0.4 is 0 Å². The number of allylic oxidation sites excluding steroid dienone is 4. The molecule has 4 heteroatoms. The summed E-state index contributed by atoms with van der Waals surface area (Å²) < 4.78 is 5.15. The fraction of sp³-hybridized carbons (Fsp3) is 0.708. The first-order valence-electron chi connectivity index (χ1n) is 10.9. The van der Waals surface area contributed by atoms with Gasteiger partial charge in [-0.1, -0.05) is 38.0 Å². The second-order valence-corrected chi connectivity index (χ2v) is 9.70. The predicted molar refractivity (Wildman–Crippen MR) is 106 cm³/mol. The van der Waals surface area contributed by atoms with E-state index in [0.29, 0.717) is 24.7 Å². The van der Waals surface area contributed by atoms with E-state index in [1.165, 1.54) is 11.1 Å². The van der Waals surface area contributed by atoms with E-state index in [1.807, 2.05) is 6.08 Å². The minimum atomic E-state index is -0.301. The molecule has 0 amide bonds. The molecule has 0 aliphatic heterocycles. The molecule has 0 aromatic heterocycles. The summed E-state index contributed by atoms with van der Waals surface area (Å²) >= 11 is 0. The number of esters is 1. The molecule has 28 heavy (non-hydrogen) atoms. The van der Waals surface area contributed by atoms with Gasteiger partial charge in [0.15, 0.2) is 11.6 Å². The molecular formula is C24H32O4. The van der Waals surface area contributed by atoms with Crippen LogP contribution in [0.1, 0.15) is 72.1 Å². The van der Waals surface area contributed by atoms with Gasteiger partial charge in [0.25, 0.3) is 0 Å². The Labute approximate surface area is 167 Å². The van der Waals surface area contributed by atoms with Crippen molar-refractivity contribution in [2.45, 2.75) is 72.1 Å². The van der Waals surface area contributed by atoms with Gasteiger partial charge in [0.2, 0.25) is 0 Å². The van der Waals surface area contributed by atoms with Gasteiger partial charge in [0.05, 0.1) is 0 Å². The van der Waals surface area contributed by atoms with Gasteiger partial charge in [-0.15, -0.1) is 0 Å². The van der Waals surface area contributed by atoms with E-state index in [0.717, 1.165) is 38.5 Å². The number of carbonyl (C=O) groups excluding carboxylic acids is 3. The Hall–Kier alpha value is -1.71. The molecule has 4 aliphatic rings. The molecule has 5 atom stereocenters. The topological polar surface area (TPSA) is 60.4 Å². The van der Waals surface area contributed by atoms with Crippen LogP contribution in [0.5, 0.6) is 0 Å². The maximum atomic E-state index is 12.9. The molecule has 152 valence electrons. The van der Waals surface area contributed by atoms with Gasteiger partial charge in [-0.2, -0.15) is 0 Å². The fourth-order valence-electron chi connectivity index (χ4n) is 6.74. The van der Waals surface area contributed by atoms with Crippen LogP contribution in [0.3, 0.4) is 0 Å². The number of ether oxygens (including phenoxy) is 1. The Balaban J connectivity index is 1.58. The maximum Gasteiger partial charge on any atom is 0.305 e. The average molecular weight is 385 g/mol. The summed E-state index contributed by atoms with van der Waals surface area (Å²) in [5.74, 6) is 1.09. The number of ketones is 2. The summed E-state index contributed by atoms with van der Waals surface area (Å²) in [6, 6.07) is 0. The molecule has 0 heterocycles. The second kappa shape index (κ2) is 6.96. The molecule has 0 aromatic carbocycles. The van der Waals surface area contributed by atoms with Crippen molar-refractivity contribution in [1.82, 2.24) is 0 Å². The van der Waals surface area contributed by atoms with Crippen molar-refractivity contribution < 1.29 is 19.1 Å². The highest BCUT2D eigenvalue weighted by Crippen LogP contribution is 2.64. The summed E-state index contributed by atoms with van der Waals surface area (Å²) in [4.78, 5) is 36.3. The summed E-state index contributed by atoms with van der Waals surface area (Å²) in [6.07, 6.45) is 11.2. The molecule has 0 saturated heterocycles. The van der Waals surface area contributed by atoms with E-state index in [2.05, 4.69) is 19.9 Å². The summed E-state index contributed by atoms with van der Waals surface area (Å²) in [5.41, 5.74) is 2.86. The Bertz CT molecular complexity index is 775. The van der Waals surface area contributed by atoms with Gasteiger partial charge >= 0.3 is 5.97 Å². The Kier molecular flexibility index (Phi) is 4.87. The highest BCUT2D eigenvalue weighted by atomic mass is 16.5. The van der Waals surface area contributed by atoms with Gasteiger partial charge in [-0.25, -0.2) is 0 Å². The number of hydrogen-bond acceptors (Lipinski definition) is 4. The van der Waals surface area contributed by atoms with Crippen LogP contribution in [0.2, 0.25) is 0 Å². The third-order valence-corrected chi connectivity index (χ3v) is 8.39. The van der Waals surface area contributed by atoms with Crippen LogP contribution in [0.15, 0.2) is 23.3 Å². The molecule has 0 aromatic rings. The largest absolute Gasteiger partial charge is 0.458 e. The van der Waals surface area contributed by atoms with Gasteiger partial charge in [-0.05, 0) is 61.9 Å². The molecule has 0 radical (unpaired) electrons. The van der Waals surface area contributed by atoms with Crippen LogP contribution >= 0.6 is 0 Å². The highest BCUT2D eigenvalue weighted by molar-refractivity contribution is 5.92. The number of Topliss-reactive ketones (excluding diaryl/α,β-unsaturated/α-hetero) is 1. The summed E-state index contributed by atoms with van der Waals surface area (Å²) in [5, 5.41) is 0. The Morgan fingerprint density at radius 2 is 1.96 bits per heavy atom.